The molecule has 1 N–H and O–H groups in total. The van der Waals surface area contributed by atoms with Crippen molar-refractivity contribution < 1.29 is 4.39 Å². The smallest absolute Gasteiger partial charge is 0.271 e. The molecule has 104 valence electrons. The van der Waals surface area contributed by atoms with E-state index in [4.69, 9.17) is 0 Å². The molecule has 2 heterocycles. The normalized spacial score (nSPS) is 15.4. The first kappa shape index (κ1) is 12.6. The molecule has 1 aromatic carbocycles. The summed E-state index contributed by atoms with van der Waals surface area (Å²) in [5, 5.41) is 7.58. The zero-order chi connectivity index (χ0) is 13.9. The first-order valence-electron chi connectivity index (χ1n) is 6.40. The van der Waals surface area contributed by atoms with E-state index in [0.717, 1.165) is 38.1 Å². The van der Waals surface area contributed by atoms with E-state index in [1.165, 1.54) is 12.1 Å². The summed E-state index contributed by atoms with van der Waals surface area (Å²) in [5.41, 5.74) is 0.745. The quantitative estimate of drug-likeness (QED) is 0.871. The Kier molecular flexibility index (Phi) is 3.32. The summed E-state index contributed by atoms with van der Waals surface area (Å²) in [4.78, 5) is 18.0. The number of piperazine rings is 1. The molecule has 0 amide bonds. The highest BCUT2D eigenvalue weighted by Gasteiger charge is 2.19. The van der Waals surface area contributed by atoms with Crippen LogP contribution in [0, 0.1) is 5.82 Å². The predicted molar refractivity (Wildman–Crippen MR) is 73.5 cm³/mol. The molecule has 1 fully saturated rings. The minimum Gasteiger partial charge on any atom is -0.368 e. The zero-order valence-electron chi connectivity index (χ0n) is 10.8. The minimum absolute atomic E-state index is 0.232. The van der Waals surface area contributed by atoms with Crippen molar-refractivity contribution in [2.75, 3.05) is 36.0 Å². The summed E-state index contributed by atoms with van der Waals surface area (Å²) >= 11 is 0. The molecule has 0 saturated carbocycles. The van der Waals surface area contributed by atoms with Crippen molar-refractivity contribution in [3.8, 4) is 0 Å². The van der Waals surface area contributed by atoms with Crippen LogP contribution >= 0.6 is 0 Å². The summed E-state index contributed by atoms with van der Waals surface area (Å²) in [7, 11) is 0. The lowest BCUT2D eigenvalue weighted by Crippen LogP contribution is -2.47. The third-order valence-electron chi connectivity index (χ3n) is 3.33. The molecule has 1 aliphatic heterocycles. The number of hydrogen-bond donors (Lipinski definition) is 1. The van der Waals surface area contributed by atoms with E-state index in [1.807, 2.05) is 4.90 Å². The minimum atomic E-state index is -0.254. The van der Waals surface area contributed by atoms with Crippen LogP contribution in [0.15, 0.2) is 35.3 Å². The van der Waals surface area contributed by atoms with E-state index in [9.17, 15) is 9.18 Å². The average molecular weight is 275 g/mol. The number of benzene rings is 1. The fraction of sp³-hybridized carbons (Fsp3) is 0.308. The Balaban J connectivity index is 1.67. The number of anilines is 2. The van der Waals surface area contributed by atoms with Gasteiger partial charge in [-0.15, -0.1) is 10.2 Å². The van der Waals surface area contributed by atoms with Gasteiger partial charge in [-0.05, 0) is 24.3 Å². The topological polar surface area (TPSA) is 65.1 Å². The molecule has 0 aliphatic carbocycles. The summed E-state index contributed by atoms with van der Waals surface area (Å²) in [6.07, 6.45) is 1.15. The van der Waals surface area contributed by atoms with Gasteiger partial charge in [0.25, 0.3) is 5.56 Å². The summed E-state index contributed by atoms with van der Waals surface area (Å²) < 4.78 is 12.9. The fourth-order valence-electron chi connectivity index (χ4n) is 2.27. The molecule has 1 saturated heterocycles. The monoisotopic (exact) mass is 275 g/mol. The molecule has 1 aliphatic rings. The molecule has 0 unspecified atom stereocenters. The van der Waals surface area contributed by atoms with Crippen molar-refractivity contribution >= 4 is 11.6 Å². The van der Waals surface area contributed by atoms with Gasteiger partial charge in [0.2, 0.25) is 5.95 Å². The van der Waals surface area contributed by atoms with Crippen LogP contribution in [0.4, 0.5) is 16.0 Å². The van der Waals surface area contributed by atoms with Gasteiger partial charge in [0.1, 0.15) is 12.0 Å². The Labute approximate surface area is 114 Å². The molecule has 6 nitrogen and oxygen atoms in total. The Hall–Kier alpha value is -2.44. The molecule has 20 heavy (non-hydrogen) atoms. The Morgan fingerprint density at radius 1 is 1.05 bits per heavy atom. The number of rotatable bonds is 2. The molecule has 0 radical (unpaired) electrons. The van der Waals surface area contributed by atoms with Gasteiger partial charge >= 0.3 is 0 Å². The molecule has 7 heteroatoms. The van der Waals surface area contributed by atoms with E-state index in [2.05, 4.69) is 20.1 Å². The van der Waals surface area contributed by atoms with Gasteiger partial charge < -0.3 is 9.80 Å². The number of aromatic nitrogens is 3. The summed E-state index contributed by atoms with van der Waals surface area (Å²) in [6, 6.07) is 6.47. The summed E-state index contributed by atoms with van der Waals surface area (Å²) in [6.45, 7) is 3.02. The maximum atomic E-state index is 12.9. The molecule has 0 bridgehead atoms. The highest BCUT2D eigenvalue weighted by molar-refractivity contribution is 5.48. The fourth-order valence-corrected chi connectivity index (χ4v) is 2.27. The lowest BCUT2D eigenvalue weighted by molar-refractivity contribution is 0.621. The van der Waals surface area contributed by atoms with Gasteiger partial charge in [-0.25, -0.2) is 4.39 Å². The maximum absolute atomic E-state index is 12.9. The third kappa shape index (κ3) is 2.61. The van der Waals surface area contributed by atoms with Crippen molar-refractivity contribution in [3.63, 3.8) is 0 Å². The van der Waals surface area contributed by atoms with Crippen molar-refractivity contribution in [3.05, 3.63) is 46.6 Å². The van der Waals surface area contributed by atoms with Crippen LogP contribution in [0.3, 0.4) is 0 Å². The van der Waals surface area contributed by atoms with Crippen LogP contribution in [-0.4, -0.2) is 41.4 Å². The lowest BCUT2D eigenvalue weighted by Gasteiger charge is -2.36. The van der Waals surface area contributed by atoms with E-state index >= 15 is 0 Å². The molecule has 0 atom stereocenters. The van der Waals surface area contributed by atoms with Gasteiger partial charge in [-0.1, -0.05) is 0 Å². The summed E-state index contributed by atoms with van der Waals surface area (Å²) in [5.74, 6) is 0.265. The van der Waals surface area contributed by atoms with Crippen molar-refractivity contribution in [2.45, 2.75) is 0 Å². The lowest BCUT2D eigenvalue weighted by atomic mass is 10.2. The van der Waals surface area contributed by atoms with Crippen molar-refractivity contribution in [2.24, 2.45) is 0 Å². The number of aromatic amines is 1. The maximum Gasteiger partial charge on any atom is 0.271 e. The van der Waals surface area contributed by atoms with Gasteiger partial charge in [0.05, 0.1) is 0 Å². The Morgan fingerprint density at radius 2 is 1.70 bits per heavy atom. The SMILES string of the molecule is O=c1cnnc(N2CCN(c3ccc(F)cc3)CC2)[nH]1. The second-order valence-corrected chi connectivity index (χ2v) is 4.61. The Morgan fingerprint density at radius 3 is 2.35 bits per heavy atom. The first-order valence-corrected chi connectivity index (χ1v) is 6.40. The zero-order valence-corrected chi connectivity index (χ0v) is 10.8. The molecule has 3 rings (SSSR count). The van der Waals surface area contributed by atoms with Crippen LogP contribution < -0.4 is 15.4 Å². The van der Waals surface area contributed by atoms with Crippen LogP contribution in [-0.2, 0) is 0 Å². The van der Waals surface area contributed by atoms with Gasteiger partial charge in [-0.3, -0.25) is 9.78 Å². The number of H-pyrrole nitrogens is 1. The van der Waals surface area contributed by atoms with E-state index in [0.29, 0.717) is 5.95 Å². The number of nitrogens with zero attached hydrogens (tertiary/aromatic N) is 4. The van der Waals surface area contributed by atoms with Gasteiger partial charge in [0, 0.05) is 31.9 Å². The third-order valence-corrected chi connectivity index (χ3v) is 3.33. The number of halogens is 1. The van der Waals surface area contributed by atoms with Crippen molar-refractivity contribution in [1.82, 2.24) is 15.2 Å². The van der Waals surface area contributed by atoms with Crippen molar-refractivity contribution in [1.29, 1.82) is 0 Å². The molecular formula is C13H14FN5O. The first-order chi connectivity index (χ1) is 9.72. The molecule has 0 spiro atoms. The number of hydrogen-bond acceptors (Lipinski definition) is 5. The van der Waals surface area contributed by atoms with Crippen LogP contribution in [0.1, 0.15) is 0 Å². The van der Waals surface area contributed by atoms with E-state index in [1.54, 1.807) is 12.1 Å². The predicted octanol–water partition coefficient (Wildman–Crippen LogP) is 0.631. The second-order valence-electron chi connectivity index (χ2n) is 4.61. The van der Waals surface area contributed by atoms with E-state index < -0.39 is 0 Å². The second kappa shape index (κ2) is 5.28. The highest BCUT2D eigenvalue weighted by atomic mass is 19.1. The number of nitrogens with one attached hydrogen (secondary N) is 1. The Bertz CT molecular complexity index is 634. The van der Waals surface area contributed by atoms with Crippen LogP contribution in [0.2, 0.25) is 0 Å². The average Bonchev–Trinajstić information content (AvgIpc) is 2.48. The molecule has 1 aromatic heterocycles. The largest absolute Gasteiger partial charge is 0.368 e. The molecular weight excluding hydrogens is 261 g/mol. The standard InChI is InChI=1S/C13H14FN5O/c14-10-1-3-11(4-2-10)18-5-7-19(8-6-18)13-16-12(20)9-15-17-13/h1-4,9H,5-8H2,(H,16,17,20). The van der Waals surface area contributed by atoms with Crippen LogP contribution in [0.25, 0.3) is 0 Å². The molecule has 2 aromatic rings. The van der Waals surface area contributed by atoms with Gasteiger partial charge in [-0.2, -0.15) is 0 Å². The van der Waals surface area contributed by atoms with E-state index in [-0.39, 0.29) is 11.4 Å². The van der Waals surface area contributed by atoms with Gasteiger partial charge in [0.15, 0.2) is 0 Å². The highest BCUT2D eigenvalue weighted by Crippen LogP contribution is 2.18. The van der Waals surface area contributed by atoms with Crippen LogP contribution in [0.5, 0.6) is 0 Å².